The van der Waals surface area contributed by atoms with E-state index in [2.05, 4.69) is 0 Å². The molecule has 66 valence electrons. The van der Waals surface area contributed by atoms with E-state index in [0.29, 0.717) is 12.2 Å². The minimum absolute atomic E-state index is 0.593. The highest BCUT2D eigenvalue weighted by Crippen LogP contribution is 2.21. The molecule has 1 rings (SSSR count). The summed E-state index contributed by atoms with van der Waals surface area (Å²) in [4.78, 5) is 10.3. The molecular weight excluding hydrogens is 167 g/mol. The average Bonchev–Trinajstić information content (AvgIpc) is 1.97. The molecule has 0 aromatic rings. The van der Waals surface area contributed by atoms with E-state index >= 15 is 0 Å². The molecule has 0 aliphatic heterocycles. The summed E-state index contributed by atoms with van der Waals surface area (Å²) in [6.45, 7) is 0. The van der Waals surface area contributed by atoms with Crippen LogP contribution in [0.25, 0.3) is 0 Å². The van der Waals surface area contributed by atoms with E-state index in [1.807, 2.05) is 0 Å². The number of carbonyl (C=O) groups is 1. The van der Waals surface area contributed by atoms with Gasteiger partial charge in [-0.25, -0.2) is 4.39 Å². The molecule has 2 N–H and O–H groups in total. The lowest BCUT2D eigenvalue weighted by Gasteiger charge is -2.30. The van der Waals surface area contributed by atoms with Crippen LogP contribution in [0.15, 0.2) is 24.1 Å². The number of hydrogen-bond acceptors (Lipinski definition) is 4. The van der Waals surface area contributed by atoms with E-state index in [4.69, 9.17) is 10.2 Å². The topological polar surface area (TPSA) is 80.6 Å². The van der Waals surface area contributed by atoms with Crippen molar-refractivity contribution in [2.75, 3.05) is 0 Å². The SMILES string of the molecule is O=C([O-])[C@@]1(O)C=CC(F)=C[C@@H]1O. The zero-order valence-corrected chi connectivity index (χ0v) is 5.90. The number of carboxylic acids is 1. The Balaban J connectivity index is 2.99. The molecule has 2 atom stereocenters. The average molecular weight is 173 g/mol. The molecule has 1 aliphatic carbocycles. The molecule has 0 saturated heterocycles. The number of carbonyl (C=O) groups excluding carboxylic acids is 1. The Morgan fingerprint density at radius 2 is 2.33 bits per heavy atom. The van der Waals surface area contributed by atoms with Crippen LogP contribution in [-0.4, -0.2) is 27.9 Å². The zero-order chi connectivity index (χ0) is 9.35. The van der Waals surface area contributed by atoms with Crippen LogP contribution in [-0.2, 0) is 4.79 Å². The maximum atomic E-state index is 12.3. The van der Waals surface area contributed by atoms with Crippen molar-refractivity contribution in [1.82, 2.24) is 0 Å². The summed E-state index contributed by atoms with van der Waals surface area (Å²) in [5.41, 5.74) is -2.52. The van der Waals surface area contributed by atoms with Crippen LogP contribution in [0.1, 0.15) is 0 Å². The highest BCUT2D eigenvalue weighted by Gasteiger charge is 2.35. The number of halogens is 1. The third kappa shape index (κ3) is 1.24. The highest BCUT2D eigenvalue weighted by molar-refractivity contribution is 5.79. The first-order valence-electron chi connectivity index (χ1n) is 3.15. The fourth-order valence-corrected chi connectivity index (χ4v) is 0.827. The summed E-state index contributed by atoms with van der Waals surface area (Å²) in [6, 6.07) is 0. The van der Waals surface area contributed by atoms with Crippen molar-refractivity contribution in [1.29, 1.82) is 0 Å². The number of aliphatic hydroxyl groups excluding tert-OH is 1. The van der Waals surface area contributed by atoms with Gasteiger partial charge in [-0.1, -0.05) is 0 Å². The molecule has 0 saturated carbocycles. The Bertz CT molecular complexity index is 271. The number of carboxylic acid groups (broad SMARTS) is 1. The number of hydrogen-bond donors (Lipinski definition) is 2. The monoisotopic (exact) mass is 173 g/mol. The van der Waals surface area contributed by atoms with Crippen LogP contribution in [0.5, 0.6) is 0 Å². The molecule has 0 fully saturated rings. The third-order valence-corrected chi connectivity index (χ3v) is 1.59. The van der Waals surface area contributed by atoms with E-state index in [-0.39, 0.29) is 0 Å². The van der Waals surface area contributed by atoms with Gasteiger partial charge in [0.2, 0.25) is 0 Å². The van der Waals surface area contributed by atoms with Crippen LogP contribution >= 0.6 is 0 Å². The second-order valence-electron chi connectivity index (χ2n) is 2.44. The predicted molar refractivity (Wildman–Crippen MR) is 34.3 cm³/mol. The van der Waals surface area contributed by atoms with Gasteiger partial charge >= 0.3 is 0 Å². The minimum Gasteiger partial charge on any atom is -0.547 e. The molecule has 4 nitrogen and oxygen atoms in total. The number of aliphatic carboxylic acids is 1. The van der Waals surface area contributed by atoms with Crippen molar-refractivity contribution in [2.45, 2.75) is 11.7 Å². The van der Waals surface area contributed by atoms with Crippen LogP contribution in [0.2, 0.25) is 0 Å². The molecule has 0 spiro atoms. The summed E-state index contributed by atoms with van der Waals surface area (Å²) in [7, 11) is 0. The molecule has 0 amide bonds. The van der Waals surface area contributed by atoms with E-state index in [9.17, 15) is 14.3 Å². The van der Waals surface area contributed by atoms with Crippen molar-refractivity contribution in [3.05, 3.63) is 24.1 Å². The Labute approximate surface area is 67.3 Å². The lowest BCUT2D eigenvalue weighted by atomic mass is 9.92. The zero-order valence-electron chi connectivity index (χ0n) is 5.90. The molecule has 1 aliphatic rings. The van der Waals surface area contributed by atoms with Gasteiger partial charge in [-0.15, -0.1) is 0 Å². The molecule has 0 aromatic carbocycles. The van der Waals surface area contributed by atoms with Crippen molar-refractivity contribution < 1.29 is 24.5 Å². The molecule has 0 bridgehead atoms. The molecule has 12 heavy (non-hydrogen) atoms. The fraction of sp³-hybridized carbons (Fsp3) is 0.286. The van der Waals surface area contributed by atoms with Gasteiger partial charge in [0.25, 0.3) is 0 Å². The quantitative estimate of drug-likeness (QED) is 0.492. The van der Waals surface area contributed by atoms with Crippen molar-refractivity contribution >= 4 is 5.97 Å². The summed E-state index contributed by atoms with van der Waals surface area (Å²) >= 11 is 0. The van der Waals surface area contributed by atoms with Gasteiger partial charge < -0.3 is 20.1 Å². The molecule has 0 unspecified atom stereocenters. The Morgan fingerprint density at radius 1 is 1.75 bits per heavy atom. The van der Waals surface area contributed by atoms with E-state index < -0.39 is 23.5 Å². The van der Waals surface area contributed by atoms with Crippen LogP contribution < -0.4 is 5.11 Å². The fourth-order valence-electron chi connectivity index (χ4n) is 0.827. The van der Waals surface area contributed by atoms with Crippen molar-refractivity contribution in [3.8, 4) is 0 Å². The van der Waals surface area contributed by atoms with Crippen molar-refractivity contribution in [2.24, 2.45) is 0 Å². The smallest absolute Gasteiger partial charge is 0.152 e. The van der Waals surface area contributed by atoms with Gasteiger partial charge in [-0.3, -0.25) is 0 Å². The predicted octanol–water partition coefficient (Wildman–Crippen LogP) is -1.75. The molecule has 0 heterocycles. The van der Waals surface area contributed by atoms with Gasteiger partial charge in [0.1, 0.15) is 11.9 Å². The Kier molecular flexibility index (Phi) is 1.99. The Morgan fingerprint density at radius 3 is 2.75 bits per heavy atom. The first-order valence-corrected chi connectivity index (χ1v) is 3.15. The maximum absolute atomic E-state index is 12.3. The van der Waals surface area contributed by atoms with Crippen LogP contribution in [0.4, 0.5) is 4.39 Å². The van der Waals surface area contributed by atoms with Gasteiger partial charge in [-0.05, 0) is 18.2 Å². The van der Waals surface area contributed by atoms with Gasteiger partial charge in [0, 0.05) is 0 Å². The maximum Gasteiger partial charge on any atom is 0.152 e. The summed E-state index contributed by atoms with van der Waals surface area (Å²) < 4.78 is 12.3. The van der Waals surface area contributed by atoms with Gasteiger partial charge in [0.15, 0.2) is 5.60 Å². The second kappa shape index (κ2) is 2.69. The molecule has 0 radical (unpaired) electrons. The van der Waals surface area contributed by atoms with Crippen LogP contribution in [0, 0.1) is 0 Å². The number of aliphatic hydroxyl groups is 2. The van der Waals surface area contributed by atoms with Crippen molar-refractivity contribution in [3.63, 3.8) is 0 Å². The van der Waals surface area contributed by atoms with Gasteiger partial charge in [-0.2, -0.15) is 0 Å². The molecular formula is C7H6FO4-. The lowest BCUT2D eigenvalue weighted by Crippen LogP contribution is -2.55. The first-order chi connectivity index (χ1) is 5.47. The summed E-state index contributed by atoms with van der Waals surface area (Å²) in [5, 5.41) is 28.3. The van der Waals surface area contributed by atoms with Crippen LogP contribution in [0.3, 0.4) is 0 Å². The summed E-state index contributed by atoms with van der Waals surface area (Å²) in [5.74, 6) is -2.66. The normalized spacial score (nSPS) is 34.6. The van der Waals surface area contributed by atoms with E-state index in [1.54, 1.807) is 0 Å². The molecule has 0 aromatic heterocycles. The number of allylic oxidation sites excluding steroid dienone is 2. The highest BCUT2D eigenvalue weighted by atomic mass is 19.1. The molecule has 5 heteroatoms. The first kappa shape index (κ1) is 8.89. The van der Waals surface area contributed by atoms with E-state index in [0.717, 1.165) is 6.08 Å². The van der Waals surface area contributed by atoms with E-state index in [1.165, 1.54) is 0 Å². The summed E-state index contributed by atoms with van der Waals surface area (Å²) in [6.07, 6.45) is 0.174. The van der Waals surface area contributed by atoms with Gasteiger partial charge in [0.05, 0.1) is 5.97 Å². The standard InChI is InChI=1S/C7H7FO4/c8-4-1-2-7(12,6(10)11)5(9)3-4/h1-3,5,9,12H,(H,10,11)/p-1/t5-,7+/m0/s1. The number of rotatable bonds is 1. The largest absolute Gasteiger partial charge is 0.547 e. The lowest BCUT2D eigenvalue weighted by molar-refractivity contribution is -0.324. The second-order valence-corrected chi connectivity index (χ2v) is 2.44. The minimum atomic E-state index is -2.52. The Hall–Kier alpha value is -1.20. The third-order valence-electron chi connectivity index (χ3n) is 1.59.